The van der Waals surface area contributed by atoms with Crippen molar-refractivity contribution in [3.63, 3.8) is 0 Å². The monoisotopic (exact) mass is 198 g/mol. The second kappa shape index (κ2) is 2.24. The lowest BCUT2D eigenvalue weighted by molar-refractivity contribution is -0.210. The van der Waals surface area contributed by atoms with Crippen LogP contribution in [0.4, 0.5) is 17.6 Å². The molecule has 1 fully saturated rings. The second-order valence-corrected chi connectivity index (χ2v) is 2.95. The molecule has 2 atom stereocenters. The van der Waals surface area contributed by atoms with E-state index in [2.05, 4.69) is 6.58 Å². The summed E-state index contributed by atoms with van der Waals surface area (Å²) in [5, 5.41) is 8.30. The molecule has 0 heterocycles. The van der Waals surface area contributed by atoms with Crippen molar-refractivity contribution in [2.24, 2.45) is 5.41 Å². The van der Waals surface area contributed by atoms with Gasteiger partial charge in [0, 0.05) is 6.42 Å². The van der Waals surface area contributed by atoms with E-state index in [0.29, 0.717) is 6.08 Å². The van der Waals surface area contributed by atoms with Crippen LogP contribution >= 0.6 is 0 Å². The van der Waals surface area contributed by atoms with Gasteiger partial charge in [0.05, 0.1) is 0 Å². The van der Waals surface area contributed by atoms with E-state index in [9.17, 15) is 22.4 Å². The third-order valence-electron chi connectivity index (χ3n) is 2.28. The molecule has 1 aliphatic carbocycles. The molecule has 1 aliphatic rings. The van der Waals surface area contributed by atoms with Crippen LogP contribution in [0.5, 0.6) is 0 Å². The lowest BCUT2D eigenvalue weighted by Crippen LogP contribution is -2.38. The highest BCUT2D eigenvalue weighted by Crippen LogP contribution is 2.68. The molecule has 1 rings (SSSR count). The summed E-state index contributed by atoms with van der Waals surface area (Å²) in [4.78, 5) is 10.3. The van der Waals surface area contributed by atoms with E-state index in [1.165, 1.54) is 0 Å². The first-order valence-electron chi connectivity index (χ1n) is 3.34. The Hall–Kier alpha value is -1.07. The van der Waals surface area contributed by atoms with Gasteiger partial charge >= 0.3 is 12.1 Å². The average Bonchev–Trinajstić information content (AvgIpc) is 2.58. The Balaban J connectivity index is 3.11. The van der Waals surface area contributed by atoms with Crippen LogP contribution in [0, 0.1) is 5.41 Å². The Morgan fingerprint density at radius 1 is 1.54 bits per heavy atom. The van der Waals surface area contributed by atoms with Crippen LogP contribution in [0.1, 0.15) is 6.42 Å². The molecule has 0 aromatic carbocycles. The summed E-state index contributed by atoms with van der Waals surface area (Å²) < 4.78 is 49.6. The highest BCUT2D eigenvalue weighted by atomic mass is 19.4. The van der Waals surface area contributed by atoms with Gasteiger partial charge < -0.3 is 5.11 Å². The summed E-state index contributed by atoms with van der Waals surface area (Å²) in [7, 11) is 0. The number of carbonyl (C=O) groups is 1. The minimum absolute atomic E-state index is 0.397. The summed E-state index contributed by atoms with van der Waals surface area (Å²) in [6.45, 7) is 2.85. The number of hydrogen-bond donors (Lipinski definition) is 1. The summed E-state index contributed by atoms with van der Waals surface area (Å²) >= 11 is 0. The maximum Gasteiger partial charge on any atom is 0.408 e. The summed E-state index contributed by atoms with van der Waals surface area (Å²) in [5.41, 5.74) is -6.13. The van der Waals surface area contributed by atoms with Crippen LogP contribution < -0.4 is 0 Å². The summed E-state index contributed by atoms with van der Waals surface area (Å²) in [6.07, 6.45) is -5.77. The van der Waals surface area contributed by atoms with Gasteiger partial charge in [-0.25, -0.2) is 4.39 Å². The van der Waals surface area contributed by atoms with Crippen LogP contribution in [-0.4, -0.2) is 22.9 Å². The van der Waals surface area contributed by atoms with Crippen LogP contribution in [-0.2, 0) is 4.79 Å². The molecule has 6 heteroatoms. The van der Waals surface area contributed by atoms with Gasteiger partial charge in [0.2, 0.25) is 5.41 Å². The van der Waals surface area contributed by atoms with Crippen LogP contribution in [0.2, 0.25) is 0 Å². The third kappa shape index (κ3) is 0.973. The van der Waals surface area contributed by atoms with E-state index in [0.717, 1.165) is 0 Å². The van der Waals surface area contributed by atoms with Crippen molar-refractivity contribution in [1.29, 1.82) is 0 Å². The molecule has 1 N–H and O–H groups in total. The second-order valence-electron chi connectivity index (χ2n) is 2.95. The van der Waals surface area contributed by atoms with Crippen LogP contribution in [0.3, 0.4) is 0 Å². The molecule has 2 unspecified atom stereocenters. The van der Waals surface area contributed by atoms with Gasteiger partial charge in [0.1, 0.15) is 0 Å². The van der Waals surface area contributed by atoms with Gasteiger partial charge in [0.15, 0.2) is 5.67 Å². The van der Waals surface area contributed by atoms with E-state index in [1.807, 2.05) is 0 Å². The number of hydrogen-bond acceptors (Lipinski definition) is 1. The molecule has 2 nitrogen and oxygen atoms in total. The molecule has 0 saturated heterocycles. The molecule has 0 aromatic rings. The quantitative estimate of drug-likeness (QED) is 0.543. The lowest BCUT2D eigenvalue weighted by atomic mass is 10.0. The normalized spacial score (nSPS) is 38.5. The van der Waals surface area contributed by atoms with Crippen molar-refractivity contribution in [3.8, 4) is 0 Å². The molecule has 0 amide bonds. The van der Waals surface area contributed by atoms with E-state index >= 15 is 0 Å². The molecule has 0 radical (unpaired) electrons. The topological polar surface area (TPSA) is 37.3 Å². The third-order valence-corrected chi connectivity index (χ3v) is 2.28. The SMILES string of the molecule is C=CC1(F)CC1(C(=O)O)C(F)(F)F. The minimum Gasteiger partial charge on any atom is -0.480 e. The molecule has 0 aromatic heterocycles. The number of carboxylic acid groups (broad SMARTS) is 1. The largest absolute Gasteiger partial charge is 0.480 e. The first kappa shape index (κ1) is 10.0. The lowest BCUT2D eigenvalue weighted by Gasteiger charge is -2.16. The molecule has 1 saturated carbocycles. The average molecular weight is 198 g/mol. The van der Waals surface area contributed by atoms with Gasteiger partial charge in [-0.15, -0.1) is 0 Å². The van der Waals surface area contributed by atoms with E-state index in [4.69, 9.17) is 5.11 Å². The van der Waals surface area contributed by atoms with Crippen molar-refractivity contribution in [1.82, 2.24) is 0 Å². The fraction of sp³-hybridized carbons (Fsp3) is 0.571. The predicted octanol–water partition coefficient (Wildman–Crippen LogP) is 1.92. The zero-order valence-electron chi connectivity index (χ0n) is 6.36. The molecule has 13 heavy (non-hydrogen) atoms. The Kier molecular flexibility index (Phi) is 1.73. The Morgan fingerprint density at radius 3 is 2.08 bits per heavy atom. The fourth-order valence-electron chi connectivity index (χ4n) is 1.30. The van der Waals surface area contributed by atoms with E-state index in [1.54, 1.807) is 0 Å². The van der Waals surface area contributed by atoms with Crippen molar-refractivity contribution in [3.05, 3.63) is 12.7 Å². The van der Waals surface area contributed by atoms with Crippen LogP contribution in [0.25, 0.3) is 0 Å². The maximum absolute atomic E-state index is 13.1. The zero-order valence-corrected chi connectivity index (χ0v) is 6.36. The fourth-order valence-corrected chi connectivity index (χ4v) is 1.30. The number of alkyl halides is 4. The highest BCUT2D eigenvalue weighted by Gasteiger charge is 2.85. The summed E-state index contributed by atoms with van der Waals surface area (Å²) in [5.74, 6) is -2.19. The Labute approximate surface area is 70.9 Å². The first-order valence-corrected chi connectivity index (χ1v) is 3.34. The standard InChI is InChI=1S/C7H6F4O2/c1-2-5(8)3-6(5,4(12)13)7(9,10)11/h2H,1,3H2,(H,12,13). The van der Waals surface area contributed by atoms with Gasteiger partial charge in [-0.05, 0) is 0 Å². The van der Waals surface area contributed by atoms with Crippen molar-refractivity contribution in [2.75, 3.05) is 0 Å². The molecule has 0 spiro atoms. The Bertz CT molecular complexity index is 272. The van der Waals surface area contributed by atoms with Gasteiger partial charge in [0.25, 0.3) is 0 Å². The zero-order chi connectivity index (χ0) is 10.5. The van der Waals surface area contributed by atoms with Crippen molar-refractivity contribution >= 4 is 5.97 Å². The highest BCUT2D eigenvalue weighted by molar-refractivity contribution is 5.83. The smallest absolute Gasteiger partial charge is 0.408 e. The molecular weight excluding hydrogens is 192 g/mol. The predicted molar refractivity (Wildman–Crippen MR) is 34.8 cm³/mol. The van der Waals surface area contributed by atoms with Gasteiger partial charge in [-0.3, -0.25) is 4.79 Å². The van der Waals surface area contributed by atoms with Crippen LogP contribution in [0.15, 0.2) is 12.7 Å². The van der Waals surface area contributed by atoms with Crippen molar-refractivity contribution < 1.29 is 27.5 Å². The van der Waals surface area contributed by atoms with E-state index in [-0.39, 0.29) is 0 Å². The number of halogens is 4. The minimum atomic E-state index is -5.08. The molecular formula is C7H6F4O2. The van der Waals surface area contributed by atoms with Gasteiger partial charge in [-0.1, -0.05) is 12.7 Å². The van der Waals surface area contributed by atoms with Gasteiger partial charge in [-0.2, -0.15) is 13.2 Å². The number of carboxylic acids is 1. The number of allylic oxidation sites excluding steroid dienone is 1. The first-order chi connectivity index (χ1) is 5.71. The van der Waals surface area contributed by atoms with Crippen molar-refractivity contribution in [2.45, 2.75) is 18.3 Å². The Morgan fingerprint density at radius 2 is 2.00 bits per heavy atom. The molecule has 0 bridgehead atoms. The number of rotatable bonds is 2. The molecule has 0 aliphatic heterocycles. The van der Waals surface area contributed by atoms with E-state index < -0.39 is 29.7 Å². The maximum atomic E-state index is 13.1. The molecule has 74 valence electrons. The summed E-state index contributed by atoms with van der Waals surface area (Å²) in [6, 6.07) is 0. The number of aliphatic carboxylic acids is 1.